The van der Waals surface area contributed by atoms with Gasteiger partial charge in [-0.1, -0.05) is 18.9 Å². The quantitative estimate of drug-likeness (QED) is 0.462. The zero-order valence-electron chi connectivity index (χ0n) is 24.1. The van der Waals surface area contributed by atoms with Gasteiger partial charge in [-0.15, -0.1) is 0 Å². The molecule has 0 aromatic heterocycles. The lowest BCUT2D eigenvalue weighted by atomic mass is 9.76. The Morgan fingerprint density at radius 3 is 2.57 bits per heavy atom. The van der Waals surface area contributed by atoms with Gasteiger partial charge in [0.25, 0.3) is 5.91 Å². The maximum atomic E-state index is 13.4. The third-order valence-corrected chi connectivity index (χ3v) is 7.35. The van der Waals surface area contributed by atoms with E-state index in [4.69, 9.17) is 14.2 Å². The minimum Gasteiger partial charge on any atom is -0.493 e. The molecule has 3 amide bonds. The first kappa shape index (κ1) is 33.0. The van der Waals surface area contributed by atoms with Crippen molar-refractivity contribution in [2.45, 2.75) is 64.5 Å². The van der Waals surface area contributed by atoms with E-state index in [-0.39, 0.29) is 70.3 Å². The standard InChI is InChI=1S/C29H40F3N3O7/c1-3-41-27(39)28(16-20-6-7-20)17-21-8-9-22(40-2)23(15-21)42-18-25(37)33-12-14-35(13-4-5-24(36)34-19-28)26(38)10-11-29(30,31)32/h8-9,15,20H,3-7,10-14,16-19H2,1-2H3,(H,33,37)(H,34,36). The molecular formula is C29H40F3N3O7. The lowest BCUT2D eigenvalue weighted by Gasteiger charge is -2.32. The average molecular weight is 600 g/mol. The van der Waals surface area contributed by atoms with E-state index in [1.165, 1.54) is 12.0 Å². The summed E-state index contributed by atoms with van der Waals surface area (Å²) in [5.74, 6) is -1.03. The van der Waals surface area contributed by atoms with Crippen LogP contribution in [0, 0.1) is 11.3 Å². The minimum absolute atomic E-state index is 0.00172. The van der Waals surface area contributed by atoms with Gasteiger partial charge in [-0.2, -0.15) is 13.2 Å². The van der Waals surface area contributed by atoms with Crippen LogP contribution in [0.2, 0.25) is 0 Å². The van der Waals surface area contributed by atoms with Crippen molar-refractivity contribution in [2.24, 2.45) is 11.3 Å². The zero-order chi connectivity index (χ0) is 30.8. The van der Waals surface area contributed by atoms with E-state index in [0.29, 0.717) is 18.1 Å². The van der Waals surface area contributed by atoms with Crippen molar-refractivity contribution >= 4 is 23.7 Å². The third kappa shape index (κ3) is 10.4. The van der Waals surface area contributed by atoms with Crippen molar-refractivity contribution in [3.63, 3.8) is 0 Å². The fourth-order valence-electron chi connectivity index (χ4n) is 5.01. The summed E-state index contributed by atoms with van der Waals surface area (Å²) in [6.07, 6.45) is -3.58. The van der Waals surface area contributed by atoms with E-state index >= 15 is 0 Å². The highest BCUT2D eigenvalue weighted by Crippen LogP contribution is 2.43. The Morgan fingerprint density at radius 1 is 1.14 bits per heavy atom. The average Bonchev–Trinajstić information content (AvgIpc) is 3.76. The first-order valence-corrected chi connectivity index (χ1v) is 14.3. The molecule has 3 rings (SSSR count). The molecule has 2 aliphatic rings. The number of fused-ring (bicyclic) bond motifs is 2. The van der Waals surface area contributed by atoms with Crippen LogP contribution in [0.25, 0.3) is 0 Å². The largest absolute Gasteiger partial charge is 0.493 e. The van der Waals surface area contributed by atoms with Crippen LogP contribution in [-0.4, -0.2) is 81.3 Å². The van der Waals surface area contributed by atoms with Crippen LogP contribution in [-0.2, 0) is 30.3 Å². The molecule has 2 N–H and O–H groups in total. The van der Waals surface area contributed by atoms with Crippen molar-refractivity contribution < 1.29 is 46.6 Å². The van der Waals surface area contributed by atoms with Crippen LogP contribution in [0.15, 0.2) is 18.2 Å². The van der Waals surface area contributed by atoms with E-state index in [1.807, 2.05) is 0 Å². The Kier molecular flexibility index (Phi) is 11.9. The first-order chi connectivity index (χ1) is 19.9. The summed E-state index contributed by atoms with van der Waals surface area (Å²) in [5.41, 5.74) is -0.315. The number of alkyl halides is 3. The number of rotatable bonds is 7. The van der Waals surface area contributed by atoms with Crippen LogP contribution >= 0.6 is 0 Å². The number of ether oxygens (including phenoxy) is 3. The van der Waals surface area contributed by atoms with Crippen LogP contribution in [0.3, 0.4) is 0 Å². The summed E-state index contributed by atoms with van der Waals surface area (Å²) >= 11 is 0. The number of esters is 1. The molecule has 1 aliphatic heterocycles. The molecule has 2 bridgehead atoms. The molecule has 10 nitrogen and oxygen atoms in total. The molecule has 0 spiro atoms. The number of methoxy groups -OCH3 is 1. The zero-order valence-corrected chi connectivity index (χ0v) is 24.1. The second-order valence-electron chi connectivity index (χ2n) is 10.8. The van der Waals surface area contributed by atoms with Crippen LogP contribution < -0.4 is 20.1 Å². The minimum atomic E-state index is -4.48. The van der Waals surface area contributed by atoms with Gasteiger partial charge in [0.1, 0.15) is 0 Å². The van der Waals surface area contributed by atoms with Crippen molar-refractivity contribution in [1.29, 1.82) is 0 Å². The lowest BCUT2D eigenvalue weighted by Crippen LogP contribution is -2.46. The molecule has 1 saturated carbocycles. The number of hydrogen-bond acceptors (Lipinski definition) is 7. The molecule has 1 aliphatic carbocycles. The summed E-state index contributed by atoms with van der Waals surface area (Å²) in [6.45, 7) is 1.53. The van der Waals surface area contributed by atoms with Crippen molar-refractivity contribution in [3.05, 3.63) is 23.8 Å². The molecule has 1 fully saturated rings. The summed E-state index contributed by atoms with van der Waals surface area (Å²) in [5, 5.41) is 5.48. The van der Waals surface area contributed by atoms with Gasteiger partial charge in [0.2, 0.25) is 11.8 Å². The summed E-state index contributed by atoms with van der Waals surface area (Å²) in [4.78, 5) is 52.6. The summed E-state index contributed by atoms with van der Waals surface area (Å²) in [6, 6.07) is 5.17. The van der Waals surface area contributed by atoms with Gasteiger partial charge >= 0.3 is 12.1 Å². The highest BCUT2D eigenvalue weighted by atomic mass is 19.4. The fourth-order valence-corrected chi connectivity index (χ4v) is 5.01. The van der Waals surface area contributed by atoms with Crippen LogP contribution in [0.4, 0.5) is 13.2 Å². The molecule has 1 atom stereocenters. The van der Waals surface area contributed by atoms with E-state index in [9.17, 15) is 32.3 Å². The number of carbonyl (C=O) groups excluding carboxylic acids is 4. The number of benzene rings is 1. The molecule has 1 heterocycles. The predicted molar refractivity (Wildman–Crippen MR) is 146 cm³/mol. The normalized spacial score (nSPS) is 21.2. The second kappa shape index (κ2) is 15.1. The summed E-state index contributed by atoms with van der Waals surface area (Å²) < 4.78 is 54.7. The highest BCUT2D eigenvalue weighted by molar-refractivity contribution is 5.81. The van der Waals surface area contributed by atoms with Gasteiger partial charge < -0.3 is 29.7 Å². The van der Waals surface area contributed by atoms with Crippen LogP contribution in [0.5, 0.6) is 11.5 Å². The Hall–Kier alpha value is -3.51. The Labute approximate surface area is 243 Å². The molecule has 42 heavy (non-hydrogen) atoms. The number of hydrogen-bond donors (Lipinski definition) is 2. The van der Waals surface area contributed by atoms with Crippen molar-refractivity contribution in [2.75, 3.05) is 46.5 Å². The van der Waals surface area contributed by atoms with Gasteiger partial charge in [0.15, 0.2) is 18.1 Å². The van der Waals surface area contributed by atoms with Gasteiger partial charge in [0.05, 0.1) is 25.6 Å². The molecule has 234 valence electrons. The van der Waals surface area contributed by atoms with E-state index in [1.54, 1.807) is 25.1 Å². The highest BCUT2D eigenvalue weighted by Gasteiger charge is 2.45. The maximum absolute atomic E-state index is 13.4. The Morgan fingerprint density at radius 2 is 1.90 bits per heavy atom. The molecule has 13 heteroatoms. The molecule has 0 radical (unpaired) electrons. The topological polar surface area (TPSA) is 123 Å². The monoisotopic (exact) mass is 599 g/mol. The first-order valence-electron chi connectivity index (χ1n) is 14.3. The van der Waals surface area contributed by atoms with E-state index in [2.05, 4.69) is 10.6 Å². The van der Waals surface area contributed by atoms with E-state index in [0.717, 1.165) is 18.4 Å². The number of nitrogens with zero attached hydrogens (tertiary/aromatic N) is 1. The van der Waals surface area contributed by atoms with E-state index < -0.39 is 42.2 Å². The van der Waals surface area contributed by atoms with Crippen molar-refractivity contribution in [3.8, 4) is 11.5 Å². The number of carbonyl (C=O) groups is 4. The maximum Gasteiger partial charge on any atom is 0.389 e. The Bertz CT molecular complexity index is 1110. The molecule has 0 saturated heterocycles. The molecular weight excluding hydrogens is 559 g/mol. The smallest absolute Gasteiger partial charge is 0.389 e. The molecule has 1 unspecified atom stereocenters. The SMILES string of the molecule is CCOC(=O)C1(CC2CC2)CNC(=O)CCCN(C(=O)CCC(F)(F)F)CCNC(=O)COc2cc(ccc2OC)C1. The van der Waals surface area contributed by atoms with Gasteiger partial charge in [-0.3, -0.25) is 19.2 Å². The molecule has 1 aromatic rings. The number of nitrogens with one attached hydrogen (secondary N) is 2. The van der Waals surface area contributed by atoms with Gasteiger partial charge in [0, 0.05) is 39.0 Å². The van der Waals surface area contributed by atoms with Crippen LogP contribution in [0.1, 0.15) is 57.4 Å². The predicted octanol–water partition coefficient (Wildman–Crippen LogP) is 3.16. The number of amides is 3. The Balaban J connectivity index is 1.87. The summed E-state index contributed by atoms with van der Waals surface area (Å²) in [7, 11) is 1.45. The lowest BCUT2D eigenvalue weighted by molar-refractivity contribution is -0.156. The third-order valence-electron chi connectivity index (χ3n) is 7.35. The second-order valence-corrected chi connectivity index (χ2v) is 10.8. The van der Waals surface area contributed by atoms with Gasteiger partial charge in [-0.05, 0) is 49.8 Å². The fraction of sp³-hybridized carbons (Fsp3) is 0.655. The number of halogens is 3. The van der Waals surface area contributed by atoms with Gasteiger partial charge in [-0.25, -0.2) is 0 Å². The van der Waals surface area contributed by atoms with Crippen molar-refractivity contribution in [1.82, 2.24) is 15.5 Å². The molecule has 1 aromatic carbocycles.